The summed E-state index contributed by atoms with van der Waals surface area (Å²) in [5, 5.41) is 0. The predicted octanol–water partition coefficient (Wildman–Crippen LogP) is -0.509. The number of ether oxygens (including phenoxy) is 1. The second-order valence-corrected chi connectivity index (χ2v) is 4.60. The van der Waals surface area contributed by atoms with E-state index in [0.717, 1.165) is 26.2 Å². The highest BCUT2D eigenvalue weighted by Crippen LogP contribution is 2.10. The van der Waals surface area contributed by atoms with Crippen LogP contribution in [0.5, 0.6) is 0 Å². The van der Waals surface area contributed by atoms with E-state index in [9.17, 15) is 0 Å². The van der Waals surface area contributed by atoms with Gasteiger partial charge in [-0.3, -0.25) is 11.3 Å². The van der Waals surface area contributed by atoms with Gasteiger partial charge in [-0.15, -0.1) is 0 Å². The summed E-state index contributed by atoms with van der Waals surface area (Å²) in [6, 6.07) is 0.620. The van der Waals surface area contributed by atoms with Crippen molar-refractivity contribution in [1.29, 1.82) is 0 Å². The van der Waals surface area contributed by atoms with Crippen LogP contribution >= 0.6 is 0 Å². The van der Waals surface area contributed by atoms with Crippen LogP contribution in [0.3, 0.4) is 0 Å². The van der Waals surface area contributed by atoms with Crippen LogP contribution in [0.1, 0.15) is 13.3 Å². The van der Waals surface area contributed by atoms with Crippen molar-refractivity contribution < 1.29 is 4.74 Å². The number of hydrazine groups is 1. The van der Waals surface area contributed by atoms with Gasteiger partial charge in [0.25, 0.3) is 0 Å². The second kappa shape index (κ2) is 7.19. The van der Waals surface area contributed by atoms with Gasteiger partial charge in [-0.2, -0.15) is 0 Å². The third-order valence-electron chi connectivity index (χ3n) is 3.30. The molecule has 3 N–H and O–H groups in total. The van der Waals surface area contributed by atoms with Gasteiger partial charge in [-0.05, 0) is 40.5 Å². The Labute approximate surface area is 98.9 Å². The van der Waals surface area contributed by atoms with E-state index in [2.05, 4.69) is 29.3 Å². The van der Waals surface area contributed by atoms with Gasteiger partial charge in [-0.25, -0.2) is 0 Å². The normalized spacial score (nSPS) is 26.6. The van der Waals surface area contributed by atoms with Gasteiger partial charge in [0.15, 0.2) is 0 Å². The molecule has 16 heavy (non-hydrogen) atoms. The van der Waals surface area contributed by atoms with E-state index in [1.165, 1.54) is 6.42 Å². The van der Waals surface area contributed by atoms with Gasteiger partial charge in [-0.1, -0.05) is 0 Å². The molecule has 1 rings (SSSR count). The number of hydrogen-bond acceptors (Lipinski definition) is 5. The van der Waals surface area contributed by atoms with Gasteiger partial charge < -0.3 is 14.5 Å². The molecule has 0 spiro atoms. The molecule has 1 aliphatic heterocycles. The van der Waals surface area contributed by atoms with Crippen LogP contribution in [0.4, 0.5) is 0 Å². The SMILES string of the molecule is CCOCC(NN)C1CN(C)CCCN1C. The highest BCUT2D eigenvalue weighted by Gasteiger charge is 2.27. The maximum Gasteiger partial charge on any atom is 0.0648 e. The van der Waals surface area contributed by atoms with Crippen molar-refractivity contribution in [2.45, 2.75) is 25.4 Å². The first-order chi connectivity index (χ1) is 7.69. The fourth-order valence-corrected chi connectivity index (χ4v) is 2.26. The van der Waals surface area contributed by atoms with Crippen LogP contribution in [-0.4, -0.2) is 68.8 Å². The lowest BCUT2D eigenvalue weighted by Crippen LogP contribution is -2.56. The van der Waals surface area contributed by atoms with E-state index in [0.29, 0.717) is 12.6 Å². The minimum atomic E-state index is 0.200. The van der Waals surface area contributed by atoms with Crippen LogP contribution in [0.15, 0.2) is 0 Å². The Morgan fingerprint density at radius 3 is 2.81 bits per heavy atom. The third kappa shape index (κ3) is 3.99. The molecule has 0 bridgehead atoms. The summed E-state index contributed by atoms with van der Waals surface area (Å²) in [7, 11) is 4.33. The number of rotatable bonds is 5. The number of likely N-dealkylation sites (N-methyl/N-ethyl adjacent to an activating group) is 2. The largest absolute Gasteiger partial charge is 0.380 e. The highest BCUT2D eigenvalue weighted by atomic mass is 16.5. The Hall–Kier alpha value is -0.200. The molecule has 1 heterocycles. The molecule has 96 valence electrons. The van der Waals surface area contributed by atoms with E-state index >= 15 is 0 Å². The Morgan fingerprint density at radius 2 is 2.19 bits per heavy atom. The molecule has 2 unspecified atom stereocenters. The number of nitrogens with two attached hydrogens (primary N) is 1. The van der Waals surface area contributed by atoms with E-state index in [-0.39, 0.29) is 6.04 Å². The first-order valence-corrected chi connectivity index (χ1v) is 6.11. The Bertz CT molecular complexity index is 191. The molecule has 0 aromatic carbocycles. The number of hydrogen-bond donors (Lipinski definition) is 2. The standard InChI is InChI=1S/C11H26N4O/c1-4-16-9-10(13-12)11-8-14(2)6-5-7-15(11)3/h10-11,13H,4-9,12H2,1-3H3. The molecule has 0 aliphatic carbocycles. The van der Waals surface area contributed by atoms with Crippen LogP contribution in [-0.2, 0) is 4.74 Å². The molecule has 5 nitrogen and oxygen atoms in total. The van der Waals surface area contributed by atoms with Gasteiger partial charge in [0, 0.05) is 19.2 Å². The fourth-order valence-electron chi connectivity index (χ4n) is 2.26. The molecule has 0 aromatic rings. The van der Waals surface area contributed by atoms with E-state index in [1.54, 1.807) is 0 Å². The Balaban J connectivity index is 2.56. The molecule has 5 heteroatoms. The summed E-state index contributed by atoms with van der Waals surface area (Å²) in [6.45, 7) is 6.75. The topological polar surface area (TPSA) is 53.8 Å². The maximum absolute atomic E-state index is 5.63. The van der Waals surface area contributed by atoms with Crippen LogP contribution < -0.4 is 11.3 Å². The number of nitrogens with zero attached hydrogens (tertiary/aromatic N) is 2. The molecular weight excluding hydrogens is 204 g/mol. The Kier molecular flexibility index (Phi) is 6.23. The summed E-state index contributed by atoms with van der Waals surface area (Å²) in [6.07, 6.45) is 1.22. The lowest BCUT2D eigenvalue weighted by molar-refractivity contribution is 0.0781. The zero-order valence-electron chi connectivity index (χ0n) is 10.8. The van der Waals surface area contributed by atoms with Crippen molar-refractivity contribution in [3.8, 4) is 0 Å². The number of nitrogens with one attached hydrogen (secondary N) is 1. The first-order valence-electron chi connectivity index (χ1n) is 6.11. The molecule has 1 saturated heterocycles. The molecule has 1 aliphatic rings. The summed E-state index contributed by atoms with van der Waals surface area (Å²) in [5.74, 6) is 5.63. The molecular formula is C11H26N4O. The quantitative estimate of drug-likeness (QED) is 0.492. The van der Waals surface area contributed by atoms with Gasteiger partial charge in [0.2, 0.25) is 0 Å². The molecule has 0 amide bonds. The van der Waals surface area contributed by atoms with Crippen molar-refractivity contribution >= 4 is 0 Å². The summed E-state index contributed by atoms with van der Waals surface area (Å²) in [4.78, 5) is 4.75. The summed E-state index contributed by atoms with van der Waals surface area (Å²) in [5.41, 5.74) is 2.89. The second-order valence-electron chi connectivity index (χ2n) is 4.60. The van der Waals surface area contributed by atoms with Crippen molar-refractivity contribution in [1.82, 2.24) is 15.2 Å². The van der Waals surface area contributed by atoms with Crippen LogP contribution in [0, 0.1) is 0 Å². The predicted molar refractivity (Wildman–Crippen MR) is 66.1 cm³/mol. The molecule has 2 atom stereocenters. The van der Waals surface area contributed by atoms with Gasteiger partial charge in [0.1, 0.15) is 0 Å². The van der Waals surface area contributed by atoms with Crippen molar-refractivity contribution in [2.24, 2.45) is 5.84 Å². The lowest BCUT2D eigenvalue weighted by atomic mass is 10.1. The van der Waals surface area contributed by atoms with Crippen molar-refractivity contribution in [2.75, 3.05) is 46.9 Å². The fraction of sp³-hybridized carbons (Fsp3) is 1.00. The average molecular weight is 230 g/mol. The molecule has 0 saturated carbocycles. The van der Waals surface area contributed by atoms with E-state index in [1.807, 2.05) is 6.92 Å². The molecule has 0 radical (unpaired) electrons. The van der Waals surface area contributed by atoms with Crippen molar-refractivity contribution in [3.05, 3.63) is 0 Å². The minimum Gasteiger partial charge on any atom is -0.380 e. The average Bonchev–Trinajstić information content (AvgIpc) is 2.43. The highest BCUT2D eigenvalue weighted by molar-refractivity contribution is 4.86. The monoisotopic (exact) mass is 230 g/mol. The summed E-state index contributed by atoms with van der Waals surface area (Å²) < 4.78 is 5.48. The first kappa shape index (κ1) is 13.9. The summed E-state index contributed by atoms with van der Waals surface area (Å²) >= 11 is 0. The zero-order chi connectivity index (χ0) is 12.0. The third-order valence-corrected chi connectivity index (χ3v) is 3.30. The zero-order valence-corrected chi connectivity index (χ0v) is 10.8. The van der Waals surface area contributed by atoms with Crippen LogP contribution in [0.2, 0.25) is 0 Å². The van der Waals surface area contributed by atoms with E-state index in [4.69, 9.17) is 10.6 Å². The van der Waals surface area contributed by atoms with Crippen LogP contribution in [0.25, 0.3) is 0 Å². The van der Waals surface area contributed by atoms with Gasteiger partial charge >= 0.3 is 0 Å². The maximum atomic E-state index is 5.63. The van der Waals surface area contributed by atoms with Gasteiger partial charge in [0.05, 0.1) is 12.6 Å². The van der Waals surface area contributed by atoms with Crippen molar-refractivity contribution in [3.63, 3.8) is 0 Å². The lowest BCUT2D eigenvalue weighted by Gasteiger charge is -2.33. The minimum absolute atomic E-state index is 0.200. The smallest absolute Gasteiger partial charge is 0.0648 e. The molecule has 1 fully saturated rings. The van der Waals surface area contributed by atoms with E-state index < -0.39 is 0 Å². The molecule has 0 aromatic heterocycles. The Morgan fingerprint density at radius 1 is 1.44 bits per heavy atom.